The molecule has 130 valence electrons. The third-order valence-corrected chi connectivity index (χ3v) is 5.49. The van der Waals surface area contributed by atoms with Gasteiger partial charge in [-0.15, -0.1) is 0 Å². The van der Waals surface area contributed by atoms with Crippen LogP contribution in [0, 0.1) is 0 Å². The molecule has 1 saturated carbocycles. The lowest BCUT2D eigenvalue weighted by atomic mass is 9.90. The molecular formula is C21H25N3O. The molecule has 1 aromatic heterocycles. The van der Waals surface area contributed by atoms with E-state index in [1.807, 2.05) is 24.3 Å². The Balaban J connectivity index is 1.66. The Bertz CT molecular complexity index is 765. The molecule has 2 aromatic rings. The Morgan fingerprint density at radius 2 is 1.76 bits per heavy atom. The average molecular weight is 335 g/mol. The lowest BCUT2D eigenvalue weighted by Gasteiger charge is -2.24. The number of hydrogen-bond acceptors (Lipinski definition) is 3. The summed E-state index contributed by atoms with van der Waals surface area (Å²) in [6.45, 7) is 0. The number of hydrogen-bond donors (Lipinski definition) is 1. The summed E-state index contributed by atoms with van der Waals surface area (Å²) in [5.74, 6) is 0.0330. The van der Waals surface area contributed by atoms with E-state index in [-0.39, 0.29) is 5.91 Å². The standard InChI is InChI=1S/C21H25N3O/c25-21(24-15-8-2-1-3-9-15)17-11-5-4-10-16(17)20-18-12-6-7-13-19(18)22-14-23-20/h4-5,10-11,14-15H,1-3,6-9,12-13H2,(H,24,25). The number of amides is 1. The fourth-order valence-corrected chi connectivity index (χ4v) is 4.15. The number of rotatable bonds is 3. The van der Waals surface area contributed by atoms with Gasteiger partial charge in [0.25, 0.3) is 5.91 Å². The Morgan fingerprint density at radius 3 is 2.64 bits per heavy atom. The van der Waals surface area contributed by atoms with Crippen LogP contribution < -0.4 is 5.32 Å². The predicted molar refractivity (Wildman–Crippen MR) is 98.4 cm³/mol. The van der Waals surface area contributed by atoms with Crippen LogP contribution in [0.4, 0.5) is 0 Å². The zero-order valence-corrected chi connectivity index (χ0v) is 14.6. The lowest BCUT2D eigenvalue weighted by Crippen LogP contribution is -2.36. The van der Waals surface area contributed by atoms with Crippen LogP contribution in [0.3, 0.4) is 0 Å². The SMILES string of the molecule is O=C(NC1CCCCC1)c1ccccc1-c1ncnc2c1CCCC2. The molecule has 2 aliphatic rings. The highest BCUT2D eigenvalue weighted by Crippen LogP contribution is 2.31. The summed E-state index contributed by atoms with van der Waals surface area (Å²) in [7, 11) is 0. The molecule has 4 rings (SSSR count). The van der Waals surface area contributed by atoms with Crippen molar-refractivity contribution in [1.29, 1.82) is 0 Å². The Morgan fingerprint density at radius 1 is 0.960 bits per heavy atom. The van der Waals surface area contributed by atoms with Crippen molar-refractivity contribution < 1.29 is 4.79 Å². The first-order chi connectivity index (χ1) is 12.3. The van der Waals surface area contributed by atoms with Crippen LogP contribution in [0.25, 0.3) is 11.3 Å². The Kier molecular flexibility index (Phi) is 4.77. The maximum absolute atomic E-state index is 12.9. The highest BCUT2D eigenvalue weighted by Gasteiger charge is 2.22. The van der Waals surface area contributed by atoms with E-state index in [4.69, 9.17) is 0 Å². The monoisotopic (exact) mass is 335 g/mol. The fraction of sp³-hybridized carbons (Fsp3) is 0.476. The van der Waals surface area contributed by atoms with Gasteiger partial charge in [0.15, 0.2) is 0 Å². The minimum absolute atomic E-state index is 0.0330. The van der Waals surface area contributed by atoms with E-state index in [2.05, 4.69) is 15.3 Å². The van der Waals surface area contributed by atoms with Crippen molar-refractivity contribution in [3.05, 3.63) is 47.4 Å². The van der Waals surface area contributed by atoms with E-state index in [0.717, 1.165) is 48.2 Å². The van der Waals surface area contributed by atoms with Gasteiger partial charge < -0.3 is 5.32 Å². The molecule has 0 unspecified atom stereocenters. The highest BCUT2D eigenvalue weighted by atomic mass is 16.1. The van der Waals surface area contributed by atoms with Gasteiger partial charge in [-0.1, -0.05) is 37.5 Å². The first-order valence-electron chi connectivity index (χ1n) is 9.56. The molecule has 0 aliphatic heterocycles. The van der Waals surface area contributed by atoms with Crippen LogP contribution in [0.1, 0.15) is 66.6 Å². The smallest absolute Gasteiger partial charge is 0.252 e. The number of nitrogens with zero attached hydrogens (tertiary/aromatic N) is 2. The van der Waals surface area contributed by atoms with Gasteiger partial charge in [-0.2, -0.15) is 0 Å². The Labute approximate surface area is 149 Å². The molecule has 0 radical (unpaired) electrons. The molecule has 1 fully saturated rings. The molecule has 4 heteroatoms. The fourth-order valence-electron chi connectivity index (χ4n) is 4.15. The van der Waals surface area contributed by atoms with E-state index >= 15 is 0 Å². The molecule has 0 saturated heterocycles. The van der Waals surface area contributed by atoms with Crippen LogP contribution in [-0.2, 0) is 12.8 Å². The second kappa shape index (κ2) is 7.34. The van der Waals surface area contributed by atoms with Gasteiger partial charge in [-0.25, -0.2) is 9.97 Å². The van der Waals surface area contributed by atoms with Gasteiger partial charge in [0, 0.05) is 28.4 Å². The second-order valence-electron chi connectivity index (χ2n) is 7.21. The number of aryl methyl sites for hydroxylation is 1. The summed E-state index contributed by atoms with van der Waals surface area (Å²) in [6, 6.07) is 8.18. The molecule has 25 heavy (non-hydrogen) atoms. The van der Waals surface area contributed by atoms with Crippen molar-refractivity contribution in [3.63, 3.8) is 0 Å². The van der Waals surface area contributed by atoms with Crippen LogP contribution >= 0.6 is 0 Å². The number of benzene rings is 1. The first-order valence-corrected chi connectivity index (χ1v) is 9.56. The third-order valence-electron chi connectivity index (χ3n) is 5.49. The highest BCUT2D eigenvalue weighted by molar-refractivity contribution is 6.01. The quantitative estimate of drug-likeness (QED) is 0.919. The number of nitrogens with one attached hydrogen (secondary N) is 1. The summed E-state index contributed by atoms with van der Waals surface area (Å²) in [6.07, 6.45) is 11.9. The van der Waals surface area contributed by atoms with Crippen LogP contribution in [0.15, 0.2) is 30.6 Å². The topological polar surface area (TPSA) is 54.9 Å². The van der Waals surface area contributed by atoms with Gasteiger partial charge in [-0.3, -0.25) is 4.79 Å². The second-order valence-corrected chi connectivity index (χ2v) is 7.21. The van der Waals surface area contributed by atoms with E-state index in [9.17, 15) is 4.79 Å². The maximum Gasteiger partial charge on any atom is 0.252 e. The Hall–Kier alpha value is -2.23. The zero-order chi connectivity index (χ0) is 17.1. The van der Waals surface area contributed by atoms with Crippen molar-refractivity contribution in [3.8, 4) is 11.3 Å². The molecule has 1 aromatic carbocycles. The lowest BCUT2D eigenvalue weighted by molar-refractivity contribution is 0.0928. The molecule has 1 heterocycles. The largest absolute Gasteiger partial charge is 0.349 e. The number of aromatic nitrogens is 2. The van der Waals surface area contributed by atoms with Gasteiger partial charge >= 0.3 is 0 Å². The van der Waals surface area contributed by atoms with Crippen molar-refractivity contribution in [1.82, 2.24) is 15.3 Å². The minimum Gasteiger partial charge on any atom is -0.349 e. The molecule has 1 amide bonds. The van der Waals surface area contributed by atoms with Crippen LogP contribution in [0.5, 0.6) is 0 Å². The summed E-state index contributed by atoms with van der Waals surface area (Å²) in [5.41, 5.74) is 5.00. The number of fused-ring (bicyclic) bond motifs is 1. The minimum atomic E-state index is 0.0330. The van der Waals surface area contributed by atoms with Gasteiger partial charge in [-0.05, 0) is 44.6 Å². The number of carbonyl (C=O) groups is 1. The van der Waals surface area contributed by atoms with Crippen molar-refractivity contribution in [2.24, 2.45) is 0 Å². The van der Waals surface area contributed by atoms with Crippen molar-refractivity contribution >= 4 is 5.91 Å². The molecule has 0 atom stereocenters. The van der Waals surface area contributed by atoms with E-state index in [0.29, 0.717) is 6.04 Å². The predicted octanol–water partition coefficient (Wildman–Crippen LogP) is 4.08. The van der Waals surface area contributed by atoms with Crippen LogP contribution in [-0.4, -0.2) is 21.9 Å². The third kappa shape index (κ3) is 3.44. The van der Waals surface area contributed by atoms with Crippen molar-refractivity contribution in [2.75, 3.05) is 0 Å². The normalized spacial score (nSPS) is 17.8. The molecule has 0 bridgehead atoms. The molecule has 0 spiro atoms. The van der Waals surface area contributed by atoms with E-state index in [1.54, 1.807) is 6.33 Å². The van der Waals surface area contributed by atoms with Gasteiger partial charge in [0.1, 0.15) is 6.33 Å². The summed E-state index contributed by atoms with van der Waals surface area (Å²) in [5, 5.41) is 3.24. The van der Waals surface area contributed by atoms with Gasteiger partial charge in [0.05, 0.1) is 5.69 Å². The van der Waals surface area contributed by atoms with Crippen LogP contribution in [0.2, 0.25) is 0 Å². The zero-order valence-electron chi connectivity index (χ0n) is 14.6. The molecule has 4 nitrogen and oxygen atoms in total. The summed E-state index contributed by atoms with van der Waals surface area (Å²) < 4.78 is 0. The maximum atomic E-state index is 12.9. The van der Waals surface area contributed by atoms with Gasteiger partial charge in [0.2, 0.25) is 0 Å². The van der Waals surface area contributed by atoms with Crippen molar-refractivity contribution in [2.45, 2.75) is 63.8 Å². The summed E-state index contributed by atoms with van der Waals surface area (Å²) in [4.78, 5) is 21.9. The average Bonchev–Trinajstić information content (AvgIpc) is 2.68. The molecular weight excluding hydrogens is 310 g/mol. The van der Waals surface area contributed by atoms with E-state index < -0.39 is 0 Å². The first kappa shape index (κ1) is 16.2. The molecule has 2 aliphatic carbocycles. The number of carbonyl (C=O) groups excluding carboxylic acids is 1. The molecule has 1 N–H and O–H groups in total. The van der Waals surface area contributed by atoms with E-state index in [1.165, 1.54) is 37.7 Å². The summed E-state index contributed by atoms with van der Waals surface area (Å²) >= 11 is 0.